The van der Waals surface area contributed by atoms with Gasteiger partial charge in [-0.1, -0.05) is 35.5 Å². The molecule has 2 aromatic carbocycles. The molecule has 1 atom stereocenters. The summed E-state index contributed by atoms with van der Waals surface area (Å²) in [6.07, 6.45) is 2.67. The van der Waals surface area contributed by atoms with Gasteiger partial charge in [0.05, 0.1) is 0 Å². The second-order valence-corrected chi connectivity index (χ2v) is 6.34. The lowest BCUT2D eigenvalue weighted by Gasteiger charge is -2.33. The quantitative estimate of drug-likeness (QED) is 0.708. The van der Waals surface area contributed by atoms with Crippen LogP contribution in [-0.4, -0.2) is 27.5 Å². The number of carbonyl (C=O) groups excluding carboxylic acids is 1. The molecular formula is C20H18FN3O2. The topological polar surface area (TPSA) is 59.2 Å². The molecule has 0 spiro atoms. The van der Waals surface area contributed by atoms with Crippen molar-refractivity contribution in [1.82, 2.24) is 15.0 Å². The average molecular weight is 351 g/mol. The number of hydrogen-bond acceptors (Lipinski definition) is 4. The largest absolute Gasteiger partial charge is 0.337 e. The summed E-state index contributed by atoms with van der Waals surface area (Å²) in [6, 6.07) is 14.9. The molecule has 1 unspecified atom stereocenters. The van der Waals surface area contributed by atoms with Gasteiger partial charge in [0.2, 0.25) is 11.7 Å². The van der Waals surface area contributed by atoms with Crippen LogP contribution in [0.1, 0.15) is 41.6 Å². The van der Waals surface area contributed by atoms with Crippen LogP contribution in [0.15, 0.2) is 59.1 Å². The van der Waals surface area contributed by atoms with Gasteiger partial charge in [-0.15, -0.1) is 0 Å². The summed E-state index contributed by atoms with van der Waals surface area (Å²) in [4.78, 5) is 19.1. The average Bonchev–Trinajstić information content (AvgIpc) is 3.19. The smallest absolute Gasteiger partial charge is 0.254 e. The third-order valence-electron chi connectivity index (χ3n) is 4.61. The summed E-state index contributed by atoms with van der Waals surface area (Å²) in [5.41, 5.74) is 1.33. The number of amides is 1. The fourth-order valence-corrected chi connectivity index (χ4v) is 3.26. The van der Waals surface area contributed by atoms with Gasteiger partial charge >= 0.3 is 0 Å². The second-order valence-electron chi connectivity index (χ2n) is 6.34. The number of piperidine rings is 1. The molecular weight excluding hydrogens is 333 g/mol. The molecule has 3 aromatic rings. The molecule has 5 nitrogen and oxygen atoms in total. The zero-order chi connectivity index (χ0) is 17.9. The van der Waals surface area contributed by atoms with Crippen LogP contribution in [0, 0.1) is 5.82 Å². The molecule has 1 saturated heterocycles. The zero-order valence-corrected chi connectivity index (χ0v) is 14.1. The highest BCUT2D eigenvalue weighted by atomic mass is 19.1. The Kier molecular flexibility index (Phi) is 4.48. The van der Waals surface area contributed by atoms with Crippen molar-refractivity contribution in [3.8, 4) is 11.4 Å². The van der Waals surface area contributed by atoms with Crippen molar-refractivity contribution in [3.05, 3.63) is 71.9 Å². The Morgan fingerprint density at radius 1 is 1.08 bits per heavy atom. The molecule has 0 radical (unpaired) electrons. The summed E-state index contributed by atoms with van der Waals surface area (Å²) in [7, 11) is 0. The van der Waals surface area contributed by atoms with E-state index in [1.807, 2.05) is 30.3 Å². The van der Waals surface area contributed by atoms with Crippen molar-refractivity contribution in [2.45, 2.75) is 25.3 Å². The third kappa shape index (κ3) is 3.22. The van der Waals surface area contributed by atoms with E-state index in [2.05, 4.69) is 10.1 Å². The van der Waals surface area contributed by atoms with Crippen LogP contribution in [-0.2, 0) is 0 Å². The summed E-state index contributed by atoms with van der Waals surface area (Å²) < 4.78 is 18.6. The first kappa shape index (κ1) is 16.4. The summed E-state index contributed by atoms with van der Waals surface area (Å²) in [5, 5.41) is 4.07. The molecule has 0 bridgehead atoms. The minimum absolute atomic E-state index is 0.144. The molecule has 0 aliphatic carbocycles. The third-order valence-corrected chi connectivity index (χ3v) is 4.61. The first-order chi connectivity index (χ1) is 12.7. The predicted molar refractivity (Wildman–Crippen MR) is 93.8 cm³/mol. The Morgan fingerprint density at radius 2 is 1.85 bits per heavy atom. The van der Waals surface area contributed by atoms with Gasteiger partial charge in [0.1, 0.15) is 11.9 Å². The lowest BCUT2D eigenvalue weighted by molar-refractivity contribution is 0.0561. The Balaban J connectivity index is 1.61. The van der Waals surface area contributed by atoms with Gasteiger partial charge in [0, 0.05) is 17.7 Å². The SMILES string of the molecule is O=C(c1ccc(F)cc1)N1CCCCC1c1nc(-c2ccccc2)no1. The summed E-state index contributed by atoms with van der Waals surface area (Å²) in [6.45, 7) is 0.615. The van der Waals surface area contributed by atoms with E-state index in [1.54, 1.807) is 4.90 Å². The minimum atomic E-state index is -0.360. The van der Waals surface area contributed by atoms with E-state index in [0.29, 0.717) is 23.8 Å². The maximum absolute atomic E-state index is 13.1. The van der Waals surface area contributed by atoms with Gasteiger partial charge in [-0.2, -0.15) is 4.98 Å². The van der Waals surface area contributed by atoms with Crippen LogP contribution in [0.4, 0.5) is 4.39 Å². The van der Waals surface area contributed by atoms with Gasteiger partial charge in [-0.25, -0.2) is 4.39 Å². The van der Waals surface area contributed by atoms with Crippen molar-refractivity contribution >= 4 is 5.91 Å². The predicted octanol–water partition coefficient (Wildman–Crippen LogP) is 4.24. The summed E-state index contributed by atoms with van der Waals surface area (Å²) in [5.74, 6) is 0.453. The fraction of sp³-hybridized carbons (Fsp3) is 0.250. The van der Waals surface area contributed by atoms with Crippen molar-refractivity contribution in [1.29, 1.82) is 0 Å². The van der Waals surface area contributed by atoms with Crippen molar-refractivity contribution in [2.75, 3.05) is 6.54 Å². The van der Waals surface area contributed by atoms with Crippen LogP contribution >= 0.6 is 0 Å². The van der Waals surface area contributed by atoms with Crippen molar-refractivity contribution in [3.63, 3.8) is 0 Å². The van der Waals surface area contributed by atoms with Gasteiger partial charge in [0.15, 0.2) is 0 Å². The highest BCUT2D eigenvalue weighted by molar-refractivity contribution is 5.94. The van der Waals surface area contributed by atoms with Crippen LogP contribution < -0.4 is 0 Å². The van der Waals surface area contributed by atoms with E-state index in [4.69, 9.17) is 4.52 Å². The fourth-order valence-electron chi connectivity index (χ4n) is 3.26. The zero-order valence-electron chi connectivity index (χ0n) is 14.1. The molecule has 0 saturated carbocycles. The Bertz CT molecular complexity index is 893. The van der Waals surface area contributed by atoms with Crippen molar-refractivity contribution < 1.29 is 13.7 Å². The number of benzene rings is 2. The molecule has 6 heteroatoms. The highest BCUT2D eigenvalue weighted by Gasteiger charge is 2.32. The molecule has 132 valence electrons. The minimum Gasteiger partial charge on any atom is -0.337 e. The Morgan fingerprint density at radius 3 is 2.62 bits per heavy atom. The Hall–Kier alpha value is -3.02. The molecule has 1 fully saturated rings. The molecule has 1 aliphatic rings. The van der Waals surface area contributed by atoms with Crippen LogP contribution in [0.3, 0.4) is 0 Å². The molecule has 26 heavy (non-hydrogen) atoms. The molecule has 1 aliphatic heterocycles. The first-order valence-corrected chi connectivity index (χ1v) is 8.68. The number of nitrogens with zero attached hydrogens (tertiary/aromatic N) is 3. The van der Waals surface area contributed by atoms with Gasteiger partial charge < -0.3 is 9.42 Å². The number of rotatable bonds is 3. The monoisotopic (exact) mass is 351 g/mol. The van der Waals surface area contributed by atoms with Gasteiger partial charge in [-0.3, -0.25) is 4.79 Å². The summed E-state index contributed by atoms with van der Waals surface area (Å²) >= 11 is 0. The van der Waals surface area contributed by atoms with E-state index >= 15 is 0 Å². The molecule has 4 rings (SSSR count). The number of likely N-dealkylation sites (tertiary alicyclic amines) is 1. The maximum Gasteiger partial charge on any atom is 0.254 e. The standard InChI is InChI=1S/C20H18FN3O2/c21-16-11-9-15(10-12-16)20(25)24-13-5-4-8-17(24)19-22-18(23-26-19)14-6-2-1-3-7-14/h1-3,6-7,9-12,17H,4-5,8,13H2. The van der Waals surface area contributed by atoms with Crippen LogP contribution in [0.5, 0.6) is 0 Å². The first-order valence-electron chi connectivity index (χ1n) is 8.68. The number of hydrogen-bond donors (Lipinski definition) is 0. The molecule has 1 amide bonds. The second kappa shape index (κ2) is 7.07. The highest BCUT2D eigenvalue weighted by Crippen LogP contribution is 2.32. The molecule has 2 heterocycles. The van der Waals surface area contributed by atoms with Gasteiger partial charge in [-0.05, 0) is 43.5 Å². The Labute approximate surface area is 150 Å². The molecule has 1 aromatic heterocycles. The molecule has 0 N–H and O–H groups in total. The van der Waals surface area contributed by atoms with E-state index in [-0.39, 0.29) is 17.8 Å². The lowest BCUT2D eigenvalue weighted by atomic mass is 10.0. The van der Waals surface area contributed by atoms with Gasteiger partial charge in [0.25, 0.3) is 5.91 Å². The van der Waals surface area contributed by atoms with Crippen LogP contribution in [0.25, 0.3) is 11.4 Å². The van der Waals surface area contributed by atoms with E-state index in [9.17, 15) is 9.18 Å². The van der Waals surface area contributed by atoms with E-state index in [1.165, 1.54) is 24.3 Å². The number of halogens is 1. The lowest BCUT2D eigenvalue weighted by Crippen LogP contribution is -2.38. The number of carbonyl (C=O) groups is 1. The van der Waals surface area contributed by atoms with E-state index in [0.717, 1.165) is 24.8 Å². The normalized spacial score (nSPS) is 17.3. The maximum atomic E-state index is 13.1. The van der Waals surface area contributed by atoms with Crippen molar-refractivity contribution in [2.24, 2.45) is 0 Å². The van der Waals surface area contributed by atoms with Crippen LogP contribution in [0.2, 0.25) is 0 Å². The number of aromatic nitrogens is 2. The van der Waals surface area contributed by atoms with E-state index < -0.39 is 0 Å².